The zero-order valence-corrected chi connectivity index (χ0v) is 13.6. The SMILES string of the molecule is CCNCc1cc(CN(C)Cc2csc(Br)c2)on1. The summed E-state index contributed by atoms with van der Waals surface area (Å²) in [5, 5.41) is 9.45. The van der Waals surface area contributed by atoms with Crippen molar-refractivity contribution in [2.24, 2.45) is 0 Å². The third kappa shape index (κ3) is 4.72. The zero-order valence-electron chi connectivity index (χ0n) is 11.1. The minimum absolute atomic E-state index is 0.765. The predicted octanol–water partition coefficient (Wildman–Crippen LogP) is 3.24. The highest BCUT2D eigenvalue weighted by Crippen LogP contribution is 2.21. The van der Waals surface area contributed by atoms with Crippen LogP contribution in [0.25, 0.3) is 0 Å². The number of rotatable bonds is 7. The van der Waals surface area contributed by atoms with Gasteiger partial charge in [0.05, 0.1) is 16.0 Å². The van der Waals surface area contributed by atoms with Crippen LogP contribution in [0.1, 0.15) is 23.9 Å². The fourth-order valence-electron chi connectivity index (χ4n) is 1.83. The first-order valence-corrected chi connectivity index (χ1v) is 7.91. The Labute approximate surface area is 125 Å². The molecule has 0 atom stereocenters. The molecule has 0 aliphatic carbocycles. The lowest BCUT2D eigenvalue weighted by molar-refractivity contribution is 0.266. The minimum Gasteiger partial charge on any atom is -0.360 e. The van der Waals surface area contributed by atoms with Crippen molar-refractivity contribution in [3.05, 3.63) is 38.3 Å². The molecule has 104 valence electrons. The summed E-state index contributed by atoms with van der Waals surface area (Å²) in [6.07, 6.45) is 0. The molecule has 0 aliphatic rings. The molecule has 0 saturated heterocycles. The summed E-state index contributed by atoms with van der Waals surface area (Å²) in [7, 11) is 2.08. The first-order chi connectivity index (χ1) is 9.17. The van der Waals surface area contributed by atoms with Crippen molar-refractivity contribution in [3.63, 3.8) is 0 Å². The summed E-state index contributed by atoms with van der Waals surface area (Å²) in [4.78, 5) is 2.21. The monoisotopic (exact) mass is 343 g/mol. The van der Waals surface area contributed by atoms with Crippen molar-refractivity contribution in [2.75, 3.05) is 13.6 Å². The summed E-state index contributed by atoms with van der Waals surface area (Å²) >= 11 is 5.19. The molecular formula is C13H18BrN3OS. The van der Waals surface area contributed by atoms with Gasteiger partial charge in [0.15, 0.2) is 5.76 Å². The lowest BCUT2D eigenvalue weighted by Crippen LogP contribution is -2.16. The van der Waals surface area contributed by atoms with Gasteiger partial charge < -0.3 is 9.84 Å². The second-order valence-corrected chi connectivity index (χ2v) is 6.79. The second-order valence-electron chi connectivity index (χ2n) is 4.50. The largest absolute Gasteiger partial charge is 0.360 e. The van der Waals surface area contributed by atoms with Crippen LogP contribution in [0, 0.1) is 0 Å². The Hall–Kier alpha value is -0.690. The van der Waals surface area contributed by atoms with E-state index < -0.39 is 0 Å². The molecule has 0 aromatic carbocycles. The van der Waals surface area contributed by atoms with Crippen LogP contribution in [0.15, 0.2) is 25.8 Å². The van der Waals surface area contributed by atoms with Crippen molar-refractivity contribution in [1.82, 2.24) is 15.4 Å². The van der Waals surface area contributed by atoms with Crippen LogP contribution in [-0.2, 0) is 19.6 Å². The van der Waals surface area contributed by atoms with E-state index in [0.29, 0.717) is 0 Å². The van der Waals surface area contributed by atoms with Crippen LogP contribution in [-0.4, -0.2) is 23.6 Å². The number of nitrogens with one attached hydrogen (secondary N) is 1. The van der Waals surface area contributed by atoms with Gasteiger partial charge in [-0.1, -0.05) is 12.1 Å². The molecule has 0 bridgehead atoms. The average Bonchev–Trinajstić information content (AvgIpc) is 2.96. The molecule has 0 fully saturated rings. The summed E-state index contributed by atoms with van der Waals surface area (Å²) in [6.45, 7) is 5.46. The molecule has 2 aromatic heterocycles. The molecule has 2 aromatic rings. The Morgan fingerprint density at radius 3 is 2.95 bits per heavy atom. The molecule has 0 unspecified atom stereocenters. The van der Waals surface area contributed by atoms with E-state index in [4.69, 9.17) is 4.52 Å². The van der Waals surface area contributed by atoms with Gasteiger partial charge in [-0.05, 0) is 46.5 Å². The van der Waals surface area contributed by atoms with E-state index >= 15 is 0 Å². The third-order valence-corrected chi connectivity index (χ3v) is 4.22. The highest BCUT2D eigenvalue weighted by atomic mass is 79.9. The van der Waals surface area contributed by atoms with E-state index in [9.17, 15) is 0 Å². The van der Waals surface area contributed by atoms with Crippen LogP contribution in [0.5, 0.6) is 0 Å². The predicted molar refractivity (Wildman–Crippen MR) is 81.1 cm³/mol. The van der Waals surface area contributed by atoms with Crippen molar-refractivity contribution in [2.45, 2.75) is 26.6 Å². The number of aromatic nitrogens is 1. The molecule has 0 spiro atoms. The molecule has 19 heavy (non-hydrogen) atoms. The third-order valence-electron chi connectivity index (χ3n) is 2.66. The van der Waals surface area contributed by atoms with Gasteiger partial charge in [0.2, 0.25) is 0 Å². The topological polar surface area (TPSA) is 41.3 Å². The first kappa shape index (κ1) is 14.7. The summed E-state index contributed by atoms with van der Waals surface area (Å²) < 4.78 is 6.51. The Morgan fingerprint density at radius 2 is 2.26 bits per heavy atom. The molecule has 6 heteroatoms. The van der Waals surface area contributed by atoms with Crippen LogP contribution in [0.3, 0.4) is 0 Å². The van der Waals surface area contributed by atoms with Crippen LogP contribution in [0.2, 0.25) is 0 Å². The number of nitrogens with zero attached hydrogens (tertiary/aromatic N) is 2. The Bertz CT molecular complexity index is 511. The van der Waals surface area contributed by atoms with Gasteiger partial charge in [0.25, 0.3) is 0 Å². The highest BCUT2D eigenvalue weighted by Gasteiger charge is 2.08. The molecule has 0 aliphatic heterocycles. The van der Waals surface area contributed by atoms with Crippen molar-refractivity contribution < 1.29 is 4.52 Å². The van der Waals surface area contributed by atoms with Gasteiger partial charge in [-0.15, -0.1) is 11.3 Å². The lowest BCUT2D eigenvalue weighted by atomic mass is 10.3. The fourth-order valence-corrected chi connectivity index (χ4v) is 3.03. The van der Waals surface area contributed by atoms with Gasteiger partial charge in [-0.2, -0.15) is 0 Å². The quantitative estimate of drug-likeness (QED) is 0.837. The maximum absolute atomic E-state index is 5.34. The van der Waals surface area contributed by atoms with Gasteiger partial charge in [-0.3, -0.25) is 4.90 Å². The maximum atomic E-state index is 5.34. The molecular weight excluding hydrogens is 326 g/mol. The molecule has 0 amide bonds. The number of thiophene rings is 1. The normalized spacial score (nSPS) is 11.4. The van der Waals surface area contributed by atoms with E-state index in [2.05, 4.69) is 56.7 Å². The van der Waals surface area contributed by atoms with E-state index in [0.717, 1.165) is 37.6 Å². The van der Waals surface area contributed by atoms with E-state index in [-0.39, 0.29) is 0 Å². The van der Waals surface area contributed by atoms with Crippen LogP contribution < -0.4 is 5.32 Å². The molecule has 1 N–H and O–H groups in total. The number of hydrogen-bond acceptors (Lipinski definition) is 5. The fraction of sp³-hybridized carbons (Fsp3) is 0.462. The number of hydrogen-bond donors (Lipinski definition) is 1. The second kappa shape index (κ2) is 7.19. The highest BCUT2D eigenvalue weighted by molar-refractivity contribution is 9.11. The maximum Gasteiger partial charge on any atom is 0.151 e. The summed E-state index contributed by atoms with van der Waals surface area (Å²) in [5.41, 5.74) is 2.27. The van der Waals surface area contributed by atoms with Crippen molar-refractivity contribution in [3.8, 4) is 0 Å². The Kier molecular flexibility index (Phi) is 5.57. The van der Waals surface area contributed by atoms with Gasteiger partial charge in [-0.25, -0.2) is 0 Å². The Balaban J connectivity index is 1.84. The zero-order chi connectivity index (χ0) is 13.7. The average molecular weight is 344 g/mol. The van der Waals surface area contributed by atoms with Crippen LogP contribution in [0.4, 0.5) is 0 Å². The first-order valence-electron chi connectivity index (χ1n) is 6.24. The molecule has 0 radical (unpaired) electrons. The Morgan fingerprint density at radius 1 is 1.42 bits per heavy atom. The summed E-state index contributed by atoms with van der Waals surface area (Å²) in [6, 6.07) is 4.17. The molecule has 4 nitrogen and oxygen atoms in total. The van der Waals surface area contributed by atoms with Gasteiger partial charge in [0, 0.05) is 19.2 Å². The van der Waals surface area contributed by atoms with Crippen molar-refractivity contribution >= 4 is 27.3 Å². The van der Waals surface area contributed by atoms with E-state index in [1.165, 1.54) is 9.35 Å². The van der Waals surface area contributed by atoms with E-state index in [1.54, 1.807) is 11.3 Å². The molecule has 2 rings (SSSR count). The van der Waals surface area contributed by atoms with Crippen molar-refractivity contribution in [1.29, 1.82) is 0 Å². The minimum atomic E-state index is 0.765. The molecule has 2 heterocycles. The van der Waals surface area contributed by atoms with Gasteiger partial charge in [0.1, 0.15) is 0 Å². The number of halogens is 1. The smallest absolute Gasteiger partial charge is 0.151 e. The lowest BCUT2D eigenvalue weighted by Gasteiger charge is -2.13. The summed E-state index contributed by atoms with van der Waals surface area (Å²) in [5.74, 6) is 0.907. The van der Waals surface area contributed by atoms with Crippen LogP contribution >= 0.6 is 27.3 Å². The van der Waals surface area contributed by atoms with E-state index in [1.807, 2.05) is 6.07 Å². The van der Waals surface area contributed by atoms with Gasteiger partial charge >= 0.3 is 0 Å². The molecule has 0 saturated carbocycles. The standard InChI is InChI=1S/C13H18BrN3OS/c1-3-15-6-11-5-12(18-16-11)8-17(2)7-10-4-13(14)19-9-10/h4-5,9,15H,3,6-8H2,1-2H3.